The lowest BCUT2D eigenvalue weighted by molar-refractivity contribution is 0.0792. The van der Waals surface area contributed by atoms with E-state index in [1.165, 1.54) is 0 Å². The molecule has 2 aromatic carbocycles. The first-order chi connectivity index (χ1) is 16.2. The van der Waals surface area contributed by atoms with Crippen LogP contribution in [0.4, 0.5) is 0 Å². The lowest BCUT2D eigenvalue weighted by Crippen LogP contribution is -2.28. The Labute approximate surface area is 196 Å². The molecule has 1 aliphatic heterocycles. The summed E-state index contributed by atoms with van der Waals surface area (Å²) in [5.74, 6) is 2.73. The van der Waals surface area contributed by atoms with Gasteiger partial charge in [-0.25, -0.2) is 0 Å². The van der Waals surface area contributed by atoms with E-state index in [2.05, 4.69) is 10.2 Å². The van der Waals surface area contributed by atoms with Crippen LogP contribution < -0.4 is 4.74 Å². The molecule has 0 unspecified atom stereocenters. The Bertz CT molecular complexity index is 1230. The summed E-state index contributed by atoms with van der Waals surface area (Å²) in [5, 5.41) is 9.57. The molecule has 5 rings (SSSR count). The molecule has 0 radical (unpaired) electrons. The second-order valence-corrected chi connectivity index (χ2v) is 8.70. The molecule has 0 spiro atoms. The Morgan fingerprint density at radius 2 is 1.82 bits per heavy atom. The number of furan rings is 1. The molecular formula is C25H24N4O3S. The molecule has 0 bridgehead atoms. The number of methoxy groups -OCH3 is 1. The first-order valence-corrected chi connectivity index (χ1v) is 11.9. The van der Waals surface area contributed by atoms with E-state index in [1.54, 1.807) is 25.1 Å². The van der Waals surface area contributed by atoms with Crippen LogP contribution in [0.1, 0.15) is 28.8 Å². The van der Waals surface area contributed by atoms with Gasteiger partial charge in [0.05, 0.1) is 19.1 Å². The standard InChI is InChI=1S/C25H24N4O3S/c1-31-20-12-10-19(11-13-20)29-23(22-9-6-16-32-22)26-27-25(29)33-17-18-7-2-3-8-21(18)24(30)28-14-4-5-15-28/h2-3,6-13,16H,4-5,14-15,17H2,1H3. The number of amides is 1. The van der Waals surface area contributed by atoms with E-state index in [4.69, 9.17) is 9.15 Å². The summed E-state index contributed by atoms with van der Waals surface area (Å²) in [6.45, 7) is 1.66. The first kappa shape index (κ1) is 21.3. The van der Waals surface area contributed by atoms with Crippen molar-refractivity contribution in [3.05, 3.63) is 78.1 Å². The fourth-order valence-electron chi connectivity index (χ4n) is 3.98. The summed E-state index contributed by atoms with van der Waals surface area (Å²) in [6.07, 6.45) is 3.77. The van der Waals surface area contributed by atoms with Crippen LogP contribution in [0.2, 0.25) is 0 Å². The predicted molar refractivity (Wildman–Crippen MR) is 127 cm³/mol. The molecule has 0 N–H and O–H groups in total. The van der Waals surface area contributed by atoms with E-state index in [0.717, 1.165) is 53.7 Å². The van der Waals surface area contributed by atoms with Gasteiger partial charge in [0.15, 0.2) is 10.9 Å². The van der Waals surface area contributed by atoms with E-state index >= 15 is 0 Å². The van der Waals surface area contributed by atoms with Crippen LogP contribution in [-0.2, 0) is 5.75 Å². The van der Waals surface area contributed by atoms with Crippen LogP contribution in [0.5, 0.6) is 5.75 Å². The number of nitrogens with zero attached hydrogens (tertiary/aromatic N) is 4. The molecular weight excluding hydrogens is 436 g/mol. The van der Waals surface area contributed by atoms with Crippen molar-refractivity contribution in [3.8, 4) is 23.0 Å². The van der Waals surface area contributed by atoms with Crippen LogP contribution in [0.15, 0.2) is 76.5 Å². The van der Waals surface area contributed by atoms with E-state index < -0.39 is 0 Å². The summed E-state index contributed by atoms with van der Waals surface area (Å²) in [4.78, 5) is 15.0. The Hall–Kier alpha value is -3.52. The number of rotatable bonds is 7. The third kappa shape index (κ3) is 4.39. The van der Waals surface area contributed by atoms with E-state index in [9.17, 15) is 4.79 Å². The highest BCUT2D eigenvalue weighted by Gasteiger charge is 2.23. The first-order valence-electron chi connectivity index (χ1n) is 10.9. The molecule has 1 amide bonds. The highest BCUT2D eigenvalue weighted by atomic mass is 32.2. The lowest BCUT2D eigenvalue weighted by atomic mass is 10.1. The van der Waals surface area contributed by atoms with Gasteiger partial charge in [-0.3, -0.25) is 9.36 Å². The van der Waals surface area contributed by atoms with Crippen molar-refractivity contribution in [1.29, 1.82) is 0 Å². The Morgan fingerprint density at radius 3 is 2.55 bits per heavy atom. The van der Waals surface area contributed by atoms with Gasteiger partial charge in [0.2, 0.25) is 5.82 Å². The quantitative estimate of drug-likeness (QED) is 0.359. The minimum atomic E-state index is 0.108. The van der Waals surface area contributed by atoms with Crippen molar-refractivity contribution in [1.82, 2.24) is 19.7 Å². The second kappa shape index (κ2) is 9.54. The van der Waals surface area contributed by atoms with Crippen LogP contribution in [0.25, 0.3) is 17.3 Å². The number of benzene rings is 2. The molecule has 7 nitrogen and oxygen atoms in total. The van der Waals surface area contributed by atoms with Gasteiger partial charge < -0.3 is 14.1 Å². The van der Waals surface area contributed by atoms with Crippen LogP contribution in [-0.4, -0.2) is 45.8 Å². The normalized spacial score (nSPS) is 13.4. The van der Waals surface area contributed by atoms with Gasteiger partial charge in [-0.15, -0.1) is 10.2 Å². The van der Waals surface area contributed by atoms with Crippen molar-refractivity contribution in [3.63, 3.8) is 0 Å². The summed E-state index contributed by atoms with van der Waals surface area (Å²) < 4.78 is 12.9. The molecule has 1 aliphatic rings. The number of likely N-dealkylation sites (tertiary alicyclic amines) is 1. The topological polar surface area (TPSA) is 73.4 Å². The molecule has 1 saturated heterocycles. The summed E-state index contributed by atoms with van der Waals surface area (Å²) in [5.41, 5.74) is 2.65. The van der Waals surface area contributed by atoms with Gasteiger partial charge in [-0.05, 0) is 60.9 Å². The Kier molecular flexibility index (Phi) is 6.17. The summed E-state index contributed by atoms with van der Waals surface area (Å²) in [7, 11) is 1.64. The number of hydrogen-bond acceptors (Lipinski definition) is 6. The van der Waals surface area contributed by atoms with Crippen molar-refractivity contribution in [2.45, 2.75) is 23.8 Å². The predicted octanol–water partition coefficient (Wildman–Crippen LogP) is 5.06. The van der Waals surface area contributed by atoms with Crippen molar-refractivity contribution in [2.75, 3.05) is 20.2 Å². The van der Waals surface area contributed by atoms with Gasteiger partial charge in [-0.2, -0.15) is 0 Å². The number of thioether (sulfide) groups is 1. The van der Waals surface area contributed by atoms with Crippen LogP contribution in [0, 0.1) is 0 Å². The maximum atomic E-state index is 13.0. The highest BCUT2D eigenvalue weighted by molar-refractivity contribution is 7.98. The smallest absolute Gasteiger partial charge is 0.254 e. The minimum absolute atomic E-state index is 0.108. The molecule has 1 fully saturated rings. The largest absolute Gasteiger partial charge is 0.497 e. The SMILES string of the molecule is COc1ccc(-n2c(SCc3ccccc3C(=O)N3CCCC3)nnc2-c2ccco2)cc1. The third-order valence-electron chi connectivity index (χ3n) is 5.70. The zero-order valence-corrected chi connectivity index (χ0v) is 19.1. The molecule has 3 heterocycles. The molecule has 33 heavy (non-hydrogen) atoms. The molecule has 0 atom stereocenters. The van der Waals surface area contributed by atoms with E-state index in [0.29, 0.717) is 17.3 Å². The highest BCUT2D eigenvalue weighted by Crippen LogP contribution is 2.31. The maximum absolute atomic E-state index is 13.0. The second-order valence-electron chi connectivity index (χ2n) is 7.76. The lowest BCUT2D eigenvalue weighted by Gasteiger charge is -2.17. The number of carbonyl (C=O) groups is 1. The molecule has 0 saturated carbocycles. The number of hydrogen-bond donors (Lipinski definition) is 0. The molecule has 0 aliphatic carbocycles. The van der Waals surface area contributed by atoms with Crippen molar-refractivity contribution < 1.29 is 13.9 Å². The fourth-order valence-corrected chi connectivity index (χ4v) is 4.94. The van der Waals surface area contributed by atoms with E-state index in [-0.39, 0.29) is 5.91 Å². The summed E-state index contributed by atoms with van der Waals surface area (Å²) in [6, 6.07) is 19.2. The Morgan fingerprint density at radius 1 is 1.03 bits per heavy atom. The average Bonchev–Trinajstić information content (AvgIpc) is 3.64. The van der Waals surface area contributed by atoms with Gasteiger partial charge in [0.25, 0.3) is 5.91 Å². The van der Waals surface area contributed by atoms with Gasteiger partial charge in [0.1, 0.15) is 5.75 Å². The monoisotopic (exact) mass is 460 g/mol. The Balaban J connectivity index is 1.45. The van der Waals surface area contributed by atoms with Crippen molar-refractivity contribution >= 4 is 17.7 Å². The fraction of sp³-hybridized carbons (Fsp3) is 0.240. The summed E-state index contributed by atoms with van der Waals surface area (Å²) >= 11 is 1.54. The number of ether oxygens (including phenoxy) is 1. The number of carbonyl (C=O) groups excluding carboxylic acids is 1. The average molecular weight is 461 g/mol. The molecule has 8 heteroatoms. The molecule has 4 aromatic rings. The minimum Gasteiger partial charge on any atom is -0.497 e. The zero-order chi connectivity index (χ0) is 22.6. The van der Waals surface area contributed by atoms with Gasteiger partial charge in [-0.1, -0.05) is 30.0 Å². The maximum Gasteiger partial charge on any atom is 0.254 e. The van der Waals surface area contributed by atoms with Crippen LogP contribution >= 0.6 is 11.8 Å². The third-order valence-corrected chi connectivity index (χ3v) is 6.68. The molecule has 168 valence electrons. The van der Waals surface area contributed by atoms with E-state index in [1.807, 2.05) is 70.1 Å². The molecule has 2 aromatic heterocycles. The van der Waals surface area contributed by atoms with Gasteiger partial charge >= 0.3 is 0 Å². The van der Waals surface area contributed by atoms with Crippen LogP contribution in [0.3, 0.4) is 0 Å². The number of aromatic nitrogens is 3. The zero-order valence-electron chi connectivity index (χ0n) is 18.3. The van der Waals surface area contributed by atoms with Gasteiger partial charge in [0, 0.05) is 24.4 Å². The van der Waals surface area contributed by atoms with Crippen molar-refractivity contribution in [2.24, 2.45) is 0 Å².